The van der Waals surface area contributed by atoms with E-state index in [4.69, 9.17) is 4.74 Å². The van der Waals surface area contributed by atoms with Gasteiger partial charge < -0.3 is 10.1 Å². The van der Waals surface area contributed by atoms with Crippen LogP contribution in [-0.4, -0.2) is 24.7 Å². The minimum absolute atomic E-state index is 0.0365. The second-order valence-corrected chi connectivity index (χ2v) is 4.51. The van der Waals surface area contributed by atoms with E-state index < -0.39 is 0 Å². The van der Waals surface area contributed by atoms with E-state index in [1.54, 1.807) is 0 Å². The first kappa shape index (κ1) is 9.97. The molecular weight excluding hydrogens is 178 g/mol. The van der Waals surface area contributed by atoms with Gasteiger partial charge >= 0.3 is 5.97 Å². The molecule has 3 heteroatoms. The minimum atomic E-state index is -0.0603. The number of ether oxygens (including phenoxy) is 1. The van der Waals surface area contributed by atoms with Gasteiger partial charge in [0.1, 0.15) is 6.04 Å². The molecule has 1 aliphatic carbocycles. The van der Waals surface area contributed by atoms with Crippen LogP contribution in [0.2, 0.25) is 0 Å². The lowest BCUT2D eigenvalue weighted by atomic mass is 9.99. The van der Waals surface area contributed by atoms with Crippen LogP contribution in [0.3, 0.4) is 0 Å². The zero-order valence-corrected chi connectivity index (χ0v) is 8.79. The fourth-order valence-electron chi connectivity index (χ4n) is 2.56. The molecule has 0 aromatic rings. The maximum Gasteiger partial charge on any atom is 0.323 e. The monoisotopic (exact) mass is 197 g/mol. The Hall–Kier alpha value is -0.570. The number of cyclic esters (lactones) is 1. The Morgan fingerprint density at radius 1 is 1.36 bits per heavy atom. The summed E-state index contributed by atoms with van der Waals surface area (Å²) in [5.41, 5.74) is 0. The van der Waals surface area contributed by atoms with E-state index in [2.05, 4.69) is 12.2 Å². The third kappa shape index (κ3) is 2.08. The van der Waals surface area contributed by atoms with Crippen LogP contribution < -0.4 is 5.32 Å². The van der Waals surface area contributed by atoms with Gasteiger partial charge in [-0.15, -0.1) is 0 Å². The molecular formula is C11H19NO2. The Bertz CT molecular complexity index is 211. The highest BCUT2D eigenvalue weighted by Gasteiger charge is 2.30. The molecule has 1 aliphatic heterocycles. The number of nitrogens with one attached hydrogen (secondary N) is 1. The normalized spacial score (nSPS) is 30.6. The fraction of sp³-hybridized carbons (Fsp3) is 0.909. The van der Waals surface area contributed by atoms with Crippen molar-refractivity contribution < 1.29 is 9.53 Å². The minimum Gasteiger partial charge on any atom is -0.464 e. The first-order chi connectivity index (χ1) is 6.77. The molecule has 80 valence electrons. The predicted molar refractivity (Wildman–Crippen MR) is 53.9 cm³/mol. The third-order valence-electron chi connectivity index (χ3n) is 3.51. The predicted octanol–water partition coefficient (Wildman–Crippen LogP) is 1.47. The van der Waals surface area contributed by atoms with Crippen molar-refractivity contribution in [2.24, 2.45) is 5.92 Å². The van der Waals surface area contributed by atoms with E-state index in [0.717, 1.165) is 12.3 Å². The van der Waals surface area contributed by atoms with Gasteiger partial charge in [0.05, 0.1) is 6.61 Å². The molecule has 0 spiro atoms. The highest BCUT2D eigenvalue weighted by atomic mass is 16.5. The SMILES string of the molecule is CC(NC1CCOC1=O)C1CCCC1. The van der Waals surface area contributed by atoms with Crippen molar-refractivity contribution in [3.8, 4) is 0 Å². The summed E-state index contributed by atoms with van der Waals surface area (Å²) in [5.74, 6) is 0.707. The number of hydrogen-bond acceptors (Lipinski definition) is 3. The van der Waals surface area contributed by atoms with E-state index in [-0.39, 0.29) is 12.0 Å². The van der Waals surface area contributed by atoms with Gasteiger partial charge in [-0.3, -0.25) is 4.79 Å². The smallest absolute Gasteiger partial charge is 0.323 e. The van der Waals surface area contributed by atoms with Crippen molar-refractivity contribution >= 4 is 5.97 Å². The molecule has 0 aromatic heterocycles. The van der Waals surface area contributed by atoms with Gasteiger partial charge in [-0.1, -0.05) is 12.8 Å². The Morgan fingerprint density at radius 3 is 2.64 bits per heavy atom. The lowest BCUT2D eigenvalue weighted by Crippen LogP contribution is -2.42. The van der Waals surface area contributed by atoms with E-state index >= 15 is 0 Å². The van der Waals surface area contributed by atoms with Crippen molar-refractivity contribution in [3.63, 3.8) is 0 Å². The molecule has 14 heavy (non-hydrogen) atoms. The van der Waals surface area contributed by atoms with Gasteiger partial charge in [-0.25, -0.2) is 0 Å². The first-order valence-corrected chi connectivity index (χ1v) is 5.70. The summed E-state index contributed by atoms with van der Waals surface area (Å²) in [6.07, 6.45) is 6.18. The van der Waals surface area contributed by atoms with Crippen LogP contribution in [0, 0.1) is 5.92 Å². The Balaban J connectivity index is 1.80. The van der Waals surface area contributed by atoms with Crippen molar-refractivity contribution in [1.82, 2.24) is 5.32 Å². The first-order valence-electron chi connectivity index (χ1n) is 5.70. The molecule has 2 atom stereocenters. The van der Waals surface area contributed by atoms with Crippen molar-refractivity contribution in [3.05, 3.63) is 0 Å². The molecule has 3 nitrogen and oxygen atoms in total. The molecule has 1 saturated carbocycles. The van der Waals surface area contributed by atoms with Crippen molar-refractivity contribution in [1.29, 1.82) is 0 Å². The van der Waals surface area contributed by atoms with Gasteiger partial charge in [-0.2, -0.15) is 0 Å². The molecule has 2 unspecified atom stereocenters. The van der Waals surface area contributed by atoms with Gasteiger partial charge in [0.2, 0.25) is 0 Å². The lowest BCUT2D eigenvalue weighted by Gasteiger charge is -2.22. The van der Waals surface area contributed by atoms with Gasteiger partial charge in [0, 0.05) is 12.5 Å². The zero-order valence-electron chi connectivity index (χ0n) is 8.79. The average molecular weight is 197 g/mol. The van der Waals surface area contributed by atoms with Gasteiger partial charge in [0.25, 0.3) is 0 Å². The van der Waals surface area contributed by atoms with Crippen LogP contribution in [0.25, 0.3) is 0 Å². The van der Waals surface area contributed by atoms with Crippen LogP contribution >= 0.6 is 0 Å². The Morgan fingerprint density at radius 2 is 2.07 bits per heavy atom. The summed E-state index contributed by atoms with van der Waals surface area (Å²) in [5, 5.41) is 3.40. The molecule has 2 fully saturated rings. The topological polar surface area (TPSA) is 38.3 Å². The quantitative estimate of drug-likeness (QED) is 0.696. The Kier molecular flexibility index (Phi) is 3.06. The molecule has 0 amide bonds. The van der Waals surface area contributed by atoms with Crippen molar-refractivity contribution in [2.45, 2.75) is 51.1 Å². The standard InChI is InChI=1S/C11H19NO2/c1-8(9-4-2-3-5-9)12-10-6-7-14-11(10)13/h8-10,12H,2-7H2,1H3. The van der Waals surface area contributed by atoms with Gasteiger partial charge in [0.15, 0.2) is 0 Å². The van der Waals surface area contributed by atoms with Crippen LogP contribution in [0.1, 0.15) is 39.0 Å². The molecule has 1 saturated heterocycles. The van der Waals surface area contributed by atoms with E-state index in [0.29, 0.717) is 12.6 Å². The number of carbonyl (C=O) groups excluding carboxylic acids is 1. The molecule has 0 aromatic carbocycles. The van der Waals surface area contributed by atoms with Crippen LogP contribution in [-0.2, 0) is 9.53 Å². The molecule has 1 N–H and O–H groups in total. The molecule has 0 radical (unpaired) electrons. The van der Waals surface area contributed by atoms with Crippen LogP contribution in [0.4, 0.5) is 0 Å². The van der Waals surface area contributed by atoms with Gasteiger partial charge in [-0.05, 0) is 25.7 Å². The summed E-state index contributed by atoms with van der Waals surface area (Å²) >= 11 is 0. The maximum atomic E-state index is 11.2. The fourth-order valence-corrected chi connectivity index (χ4v) is 2.56. The Labute approximate surface area is 85.2 Å². The van der Waals surface area contributed by atoms with E-state index in [1.807, 2.05) is 0 Å². The average Bonchev–Trinajstić information content (AvgIpc) is 2.77. The summed E-state index contributed by atoms with van der Waals surface area (Å²) < 4.78 is 4.93. The number of hydrogen-bond donors (Lipinski definition) is 1. The van der Waals surface area contributed by atoms with Crippen LogP contribution in [0.15, 0.2) is 0 Å². The van der Waals surface area contributed by atoms with E-state index in [9.17, 15) is 4.79 Å². The molecule has 0 bridgehead atoms. The molecule has 2 rings (SSSR count). The highest BCUT2D eigenvalue weighted by Crippen LogP contribution is 2.28. The zero-order chi connectivity index (χ0) is 9.97. The van der Waals surface area contributed by atoms with E-state index in [1.165, 1.54) is 25.7 Å². The third-order valence-corrected chi connectivity index (χ3v) is 3.51. The second-order valence-electron chi connectivity index (χ2n) is 4.51. The molecule has 2 aliphatic rings. The summed E-state index contributed by atoms with van der Waals surface area (Å²) in [7, 11) is 0. The highest BCUT2D eigenvalue weighted by molar-refractivity contribution is 5.77. The summed E-state index contributed by atoms with van der Waals surface area (Å²) in [6.45, 7) is 2.79. The second kappa shape index (κ2) is 4.30. The van der Waals surface area contributed by atoms with Crippen molar-refractivity contribution in [2.75, 3.05) is 6.61 Å². The summed E-state index contributed by atoms with van der Waals surface area (Å²) in [6, 6.07) is 0.429. The lowest BCUT2D eigenvalue weighted by molar-refractivity contribution is -0.139. The number of carbonyl (C=O) groups is 1. The number of esters is 1. The summed E-state index contributed by atoms with van der Waals surface area (Å²) in [4.78, 5) is 11.2. The molecule has 1 heterocycles. The maximum absolute atomic E-state index is 11.2. The van der Waals surface area contributed by atoms with Crippen LogP contribution in [0.5, 0.6) is 0 Å². The number of rotatable bonds is 3. The largest absolute Gasteiger partial charge is 0.464 e.